The molecule has 0 aliphatic carbocycles. The van der Waals surface area contributed by atoms with Crippen LogP contribution in [0.3, 0.4) is 0 Å². The second kappa shape index (κ2) is 4.87. The minimum absolute atomic E-state index is 0.00242. The number of fused-ring (bicyclic) bond motifs is 1. The second-order valence-electron chi connectivity index (χ2n) is 5.36. The standard InChI is InChI=1S/C15H17N3O3/c1-8-4-5-11(10(3)16-8)13-12(15(19)20)14-18(17-13)7-6-9(2)21-14/h4-5,9H,6-7H2,1-3H3,(H,19,20)/t9-/m1/s1. The molecule has 0 amide bonds. The summed E-state index contributed by atoms with van der Waals surface area (Å²) in [5, 5.41) is 14.0. The van der Waals surface area contributed by atoms with Gasteiger partial charge in [0.25, 0.3) is 0 Å². The number of carboxylic acid groups (broad SMARTS) is 1. The number of aromatic carboxylic acids is 1. The van der Waals surface area contributed by atoms with E-state index in [0.29, 0.717) is 18.1 Å². The number of hydrogen-bond acceptors (Lipinski definition) is 4. The molecule has 3 heterocycles. The van der Waals surface area contributed by atoms with Crippen molar-refractivity contribution in [1.29, 1.82) is 0 Å². The predicted molar refractivity (Wildman–Crippen MR) is 76.6 cm³/mol. The number of nitrogens with zero attached hydrogens (tertiary/aromatic N) is 3. The Morgan fingerprint density at radius 2 is 2.19 bits per heavy atom. The second-order valence-corrected chi connectivity index (χ2v) is 5.36. The van der Waals surface area contributed by atoms with Gasteiger partial charge in [-0.25, -0.2) is 9.48 Å². The van der Waals surface area contributed by atoms with Crippen LogP contribution in [0.4, 0.5) is 0 Å². The van der Waals surface area contributed by atoms with E-state index in [1.165, 1.54) is 0 Å². The lowest BCUT2D eigenvalue weighted by molar-refractivity contribution is 0.0684. The topological polar surface area (TPSA) is 77.2 Å². The normalized spacial score (nSPS) is 17.2. The van der Waals surface area contributed by atoms with Crippen LogP contribution in [-0.4, -0.2) is 31.9 Å². The van der Waals surface area contributed by atoms with Crippen molar-refractivity contribution in [1.82, 2.24) is 14.8 Å². The molecule has 0 aromatic carbocycles. The molecule has 6 heteroatoms. The molecule has 0 spiro atoms. The fourth-order valence-electron chi connectivity index (χ4n) is 2.59. The summed E-state index contributed by atoms with van der Waals surface area (Å²) in [6.07, 6.45) is 0.815. The molecule has 2 aromatic rings. The molecule has 3 rings (SSSR count). The molecule has 1 aliphatic rings. The Hall–Kier alpha value is -2.37. The van der Waals surface area contributed by atoms with Crippen LogP contribution in [0.2, 0.25) is 0 Å². The molecule has 1 aliphatic heterocycles. The summed E-state index contributed by atoms with van der Waals surface area (Å²) < 4.78 is 7.33. The Kier molecular flexibility index (Phi) is 3.16. The van der Waals surface area contributed by atoms with E-state index in [1.807, 2.05) is 32.9 Å². The number of carbonyl (C=O) groups is 1. The highest BCUT2D eigenvalue weighted by molar-refractivity contribution is 5.97. The van der Waals surface area contributed by atoms with E-state index in [9.17, 15) is 9.90 Å². The fraction of sp³-hybridized carbons (Fsp3) is 0.400. The van der Waals surface area contributed by atoms with Crippen LogP contribution in [0.15, 0.2) is 12.1 Å². The number of carboxylic acids is 1. The maximum absolute atomic E-state index is 11.7. The summed E-state index contributed by atoms with van der Waals surface area (Å²) in [5.74, 6) is -0.684. The van der Waals surface area contributed by atoms with Crippen LogP contribution >= 0.6 is 0 Å². The van der Waals surface area contributed by atoms with Crippen molar-refractivity contribution in [3.8, 4) is 17.1 Å². The van der Waals surface area contributed by atoms with E-state index in [2.05, 4.69) is 10.1 Å². The monoisotopic (exact) mass is 287 g/mol. The Balaban J connectivity index is 2.21. The summed E-state index contributed by atoms with van der Waals surface area (Å²) in [4.78, 5) is 16.0. The maximum Gasteiger partial charge on any atom is 0.343 e. The SMILES string of the molecule is Cc1ccc(-c2nn3c(c2C(=O)O)O[C@H](C)CC3)c(C)n1. The van der Waals surface area contributed by atoms with Crippen LogP contribution < -0.4 is 4.74 Å². The van der Waals surface area contributed by atoms with Gasteiger partial charge in [-0.2, -0.15) is 5.10 Å². The van der Waals surface area contributed by atoms with Crippen molar-refractivity contribution in [2.45, 2.75) is 39.8 Å². The van der Waals surface area contributed by atoms with E-state index < -0.39 is 5.97 Å². The van der Waals surface area contributed by atoms with Crippen molar-refractivity contribution in [3.63, 3.8) is 0 Å². The van der Waals surface area contributed by atoms with Gasteiger partial charge in [0.15, 0.2) is 0 Å². The Bertz CT molecular complexity index is 721. The lowest BCUT2D eigenvalue weighted by Gasteiger charge is -2.21. The third kappa shape index (κ3) is 2.26. The van der Waals surface area contributed by atoms with Gasteiger partial charge in [0.05, 0.1) is 6.10 Å². The molecule has 110 valence electrons. The highest BCUT2D eigenvalue weighted by atomic mass is 16.5. The first kappa shape index (κ1) is 13.6. The highest BCUT2D eigenvalue weighted by Gasteiger charge is 2.30. The van der Waals surface area contributed by atoms with Crippen molar-refractivity contribution in [2.75, 3.05) is 0 Å². The predicted octanol–water partition coefficient (Wildman–Crippen LogP) is 2.43. The van der Waals surface area contributed by atoms with Crippen LogP contribution in [0.5, 0.6) is 5.88 Å². The smallest absolute Gasteiger partial charge is 0.343 e. The number of hydrogen-bond donors (Lipinski definition) is 1. The number of pyridine rings is 1. The van der Waals surface area contributed by atoms with E-state index in [-0.39, 0.29) is 11.7 Å². The van der Waals surface area contributed by atoms with Crippen molar-refractivity contribution in [3.05, 3.63) is 29.1 Å². The molecule has 1 N–H and O–H groups in total. The van der Waals surface area contributed by atoms with Gasteiger partial charge in [0.1, 0.15) is 11.3 Å². The quantitative estimate of drug-likeness (QED) is 0.918. The summed E-state index contributed by atoms with van der Waals surface area (Å²) in [6.45, 7) is 6.35. The summed E-state index contributed by atoms with van der Waals surface area (Å²) >= 11 is 0. The molecule has 0 saturated heterocycles. The van der Waals surface area contributed by atoms with Crippen LogP contribution in [0.1, 0.15) is 35.1 Å². The molecule has 0 fully saturated rings. The molecule has 0 bridgehead atoms. The lowest BCUT2D eigenvalue weighted by Crippen LogP contribution is -2.24. The first-order valence-electron chi connectivity index (χ1n) is 6.92. The average molecular weight is 287 g/mol. The molecular weight excluding hydrogens is 270 g/mol. The van der Waals surface area contributed by atoms with Gasteiger partial charge in [-0.05, 0) is 32.9 Å². The van der Waals surface area contributed by atoms with Gasteiger partial charge >= 0.3 is 5.97 Å². The van der Waals surface area contributed by atoms with Gasteiger partial charge in [-0.15, -0.1) is 0 Å². The first-order valence-corrected chi connectivity index (χ1v) is 6.92. The summed E-state index contributed by atoms with van der Waals surface area (Å²) in [5.41, 5.74) is 2.94. The highest BCUT2D eigenvalue weighted by Crippen LogP contribution is 2.34. The number of rotatable bonds is 2. The average Bonchev–Trinajstić information content (AvgIpc) is 2.76. The molecule has 0 unspecified atom stereocenters. The summed E-state index contributed by atoms with van der Waals surface area (Å²) in [7, 11) is 0. The van der Waals surface area contributed by atoms with Gasteiger partial charge < -0.3 is 9.84 Å². The summed E-state index contributed by atoms with van der Waals surface area (Å²) in [6, 6.07) is 3.72. The van der Waals surface area contributed by atoms with E-state index in [0.717, 1.165) is 23.4 Å². The molecule has 21 heavy (non-hydrogen) atoms. The first-order chi connectivity index (χ1) is 9.97. The minimum atomic E-state index is -1.03. The zero-order valence-electron chi connectivity index (χ0n) is 12.3. The fourth-order valence-corrected chi connectivity index (χ4v) is 2.59. The van der Waals surface area contributed by atoms with Crippen molar-refractivity contribution in [2.24, 2.45) is 0 Å². The van der Waals surface area contributed by atoms with Crippen LogP contribution in [0.25, 0.3) is 11.3 Å². The molecule has 2 aromatic heterocycles. The molecule has 6 nitrogen and oxygen atoms in total. The zero-order valence-corrected chi connectivity index (χ0v) is 12.3. The van der Waals surface area contributed by atoms with Crippen molar-refractivity contribution >= 4 is 5.97 Å². The Labute approximate surface area is 122 Å². The van der Waals surface area contributed by atoms with Gasteiger partial charge in [0, 0.05) is 29.9 Å². The lowest BCUT2D eigenvalue weighted by atomic mass is 10.1. The van der Waals surface area contributed by atoms with Crippen LogP contribution in [-0.2, 0) is 6.54 Å². The van der Waals surface area contributed by atoms with E-state index in [4.69, 9.17) is 4.74 Å². The van der Waals surface area contributed by atoms with E-state index in [1.54, 1.807) is 4.68 Å². The number of aryl methyl sites for hydroxylation is 3. The van der Waals surface area contributed by atoms with Gasteiger partial charge in [0.2, 0.25) is 5.88 Å². The third-order valence-corrected chi connectivity index (χ3v) is 3.66. The Morgan fingerprint density at radius 1 is 1.43 bits per heavy atom. The molecular formula is C15H17N3O3. The number of ether oxygens (including phenoxy) is 1. The van der Waals surface area contributed by atoms with Crippen LogP contribution in [0, 0.1) is 13.8 Å². The zero-order chi connectivity index (χ0) is 15.1. The van der Waals surface area contributed by atoms with E-state index >= 15 is 0 Å². The molecule has 0 saturated carbocycles. The minimum Gasteiger partial charge on any atom is -0.477 e. The van der Waals surface area contributed by atoms with Gasteiger partial charge in [-0.1, -0.05) is 0 Å². The maximum atomic E-state index is 11.7. The molecule has 0 radical (unpaired) electrons. The van der Waals surface area contributed by atoms with Gasteiger partial charge in [-0.3, -0.25) is 4.98 Å². The third-order valence-electron chi connectivity index (χ3n) is 3.66. The number of aromatic nitrogens is 3. The Morgan fingerprint density at radius 3 is 2.86 bits per heavy atom. The largest absolute Gasteiger partial charge is 0.477 e. The molecule has 1 atom stereocenters. The van der Waals surface area contributed by atoms with Crippen molar-refractivity contribution < 1.29 is 14.6 Å².